The Hall–Kier alpha value is -15.4. The molecular weight excluding hydrogens is 1890 g/mol. The summed E-state index contributed by atoms with van der Waals surface area (Å²) in [5.41, 5.74) is 28.3. The number of rotatable bonds is 31. The number of benzene rings is 7. The molecule has 774 valence electrons. The summed E-state index contributed by atoms with van der Waals surface area (Å²) in [4.78, 5) is 99.6. The fourth-order valence-corrected chi connectivity index (χ4v) is 17.8. The minimum atomic E-state index is -3.84. The molecule has 5 saturated heterocycles. The number of piperazine rings is 3. The number of carbonyl (C=O) groups excluding carboxylic acids is 4. The van der Waals surface area contributed by atoms with Crippen LogP contribution >= 0.6 is 0 Å². The minimum absolute atomic E-state index is 0.00411. The van der Waals surface area contributed by atoms with Crippen molar-refractivity contribution in [3.63, 3.8) is 0 Å². The number of hydrogen-bond acceptors (Lipinski definition) is 39. The second-order valence-electron chi connectivity index (χ2n) is 34.2. The lowest BCUT2D eigenvalue weighted by Gasteiger charge is -2.37. The van der Waals surface area contributed by atoms with E-state index in [0.29, 0.717) is 291 Å². The summed E-state index contributed by atoms with van der Waals surface area (Å²) in [7, 11) is 12.1. The molecule has 0 saturated carbocycles. The third kappa shape index (κ3) is 26.2. The number of furan rings is 1. The first-order chi connectivity index (χ1) is 70.1. The number of para-hydroxylation sites is 4. The summed E-state index contributed by atoms with van der Waals surface area (Å²) in [5, 5.41) is 14.4. The van der Waals surface area contributed by atoms with E-state index in [9.17, 15) is 27.6 Å². The zero-order valence-corrected chi connectivity index (χ0v) is 84.2. The molecule has 0 bridgehead atoms. The number of carbonyl (C=O) groups is 4. The van der Waals surface area contributed by atoms with Crippen molar-refractivity contribution in [1.82, 2.24) is 65.2 Å². The smallest absolute Gasteiger partial charge is 0.289 e. The lowest BCUT2D eigenvalue weighted by Crippen LogP contribution is -2.54. The van der Waals surface area contributed by atoms with Crippen LogP contribution in [0, 0.1) is 0 Å². The molecule has 12 N–H and O–H groups in total. The molecule has 0 radical (unpaired) electrons. The molecule has 18 rings (SSSR count). The Labute approximate surface area is 839 Å². The number of hydrogen-bond donors (Lipinski definition) is 7. The van der Waals surface area contributed by atoms with E-state index in [-0.39, 0.29) is 59.1 Å². The van der Waals surface area contributed by atoms with Crippen LogP contribution in [0.2, 0.25) is 0 Å². The summed E-state index contributed by atoms with van der Waals surface area (Å²) >= 11 is 0. The summed E-state index contributed by atoms with van der Waals surface area (Å²) in [6, 6.07) is 37.7. The van der Waals surface area contributed by atoms with Gasteiger partial charge in [-0.15, -0.1) is 0 Å². The van der Waals surface area contributed by atoms with Crippen LogP contribution < -0.4 is 120 Å². The summed E-state index contributed by atoms with van der Waals surface area (Å²) in [6.45, 7) is 15.5. The maximum absolute atomic E-state index is 13.0. The van der Waals surface area contributed by atoms with E-state index in [1.54, 1.807) is 146 Å². The number of methoxy groups -OCH3 is 9. The highest BCUT2D eigenvalue weighted by Crippen LogP contribution is 2.41. The van der Waals surface area contributed by atoms with E-state index in [2.05, 4.69) is 50.5 Å². The number of amides is 4. The van der Waals surface area contributed by atoms with E-state index >= 15 is 0 Å². The maximum Gasteiger partial charge on any atom is 0.289 e. The van der Waals surface area contributed by atoms with Crippen LogP contribution in [0.25, 0.3) is 43.6 Å². The van der Waals surface area contributed by atoms with Gasteiger partial charge in [0, 0.05) is 170 Å². The van der Waals surface area contributed by atoms with Gasteiger partial charge in [-0.2, -0.15) is 19.9 Å². The first-order valence-electron chi connectivity index (χ1n) is 47.5. The Morgan fingerprint density at radius 2 is 0.897 bits per heavy atom. The van der Waals surface area contributed by atoms with E-state index in [4.69, 9.17) is 104 Å². The molecular formula is C100H126N22O22S. The van der Waals surface area contributed by atoms with Crippen LogP contribution in [0.15, 0.2) is 143 Å². The highest BCUT2D eigenvalue weighted by atomic mass is 32.2. The van der Waals surface area contributed by atoms with E-state index < -0.39 is 16.1 Å². The number of nitrogen functional groups attached to an aromatic ring is 4. The molecule has 6 aliphatic heterocycles. The Bertz CT molecular complexity index is 6590. The van der Waals surface area contributed by atoms with Crippen LogP contribution in [0.3, 0.4) is 0 Å². The van der Waals surface area contributed by atoms with Crippen LogP contribution in [0.1, 0.15) is 62.1 Å². The topological polar surface area (TPSA) is 534 Å². The molecule has 0 spiro atoms. The third-order valence-corrected chi connectivity index (χ3v) is 25.7. The Morgan fingerprint density at radius 3 is 1.34 bits per heavy atom. The van der Waals surface area contributed by atoms with Gasteiger partial charge in [-0.25, -0.2) is 33.5 Å². The summed E-state index contributed by atoms with van der Waals surface area (Å²) < 4.78 is 110. The predicted octanol–water partition coefficient (Wildman–Crippen LogP) is 8.25. The number of sulfonamides is 1. The monoisotopic (exact) mass is 2020 g/mol. The van der Waals surface area contributed by atoms with Crippen molar-refractivity contribution in [3.8, 4) is 74.7 Å². The van der Waals surface area contributed by atoms with Gasteiger partial charge >= 0.3 is 0 Å². The lowest BCUT2D eigenvalue weighted by atomic mass is 10.1. The van der Waals surface area contributed by atoms with Crippen molar-refractivity contribution in [2.45, 2.75) is 81.6 Å². The van der Waals surface area contributed by atoms with Gasteiger partial charge in [-0.3, -0.25) is 19.2 Å². The van der Waals surface area contributed by atoms with E-state index in [1.807, 2.05) is 93.9 Å². The number of ether oxygens (including phenoxy) is 15. The average Bonchev–Trinajstić information content (AvgIpc) is 1.31. The molecule has 145 heavy (non-hydrogen) atoms. The zero-order chi connectivity index (χ0) is 103. The fourth-order valence-electron chi connectivity index (χ4n) is 17.0. The molecule has 7 aromatic carbocycles. The maximum atomic E-state index is 13.0. The normalized spacial score (nSPS) is 16.2. The number of anilines is 8. The van der Waals surface area contributed by atoms with Crippen molar-refractivity contribution in [1.29, 1.82) is 0 Å². The largest absolute Gasteiger partial charge is 0.495 e. The molecule has 44 nitrogen and oxygen atoms in total. The van der Waals surface area contributed by atoms with Gasteiger partial charge in [0.05, 0.1) is 98.9 Å². The highest BCUT2D eigenvalue weighted by molar-refractivity contribution is 7.89. The van der Waals surface area contributed by atoms with Crippen molar-refractivity contribution in [2.24, 2.45) is 5.14 Å². The molecule has 45 heteroatoms. The van der Waals surface area contributed by atoms with Crippen molar-refractivity contribution >= 4 is 124 Å². The van der Waals surface area contributed by atoms with Crippen LogP contribution in [-0.4, -0.2) is 313 Å². The molecule has 0 aliphatic carbocycles. The predicted molar refractivity (Wildman–Crippen MR) is 546 cm³/mol. The Kier molecular flexibility index (Phi) is 36.0. The standard InChI is InChI=1S/C23H25N5O5.C20H28N2O5S.C19H25N5O4.C19H21N5O4.C19H27N5O4/c1-30-18-11-14-15(12-19(18)31-2)25-23(26-21(14)24)28-9-7-27(8-10-28)22(29)20-13-32-16-5-3-4-6-17(16)33-20;1-4-26-17-7-5-6-8-18(17)27-12-11-22-15(2)13-16-9-10-19(25-3)20(14-16)28(21,23)24;2*1-26-15-10-12-13(11-16(15)27-2)21-19(22-17(12)20)24-7-5-23(6-8-24)18(25)14-4-3-9-28-14;1-24(8-5-7-21-18(25)14-6-4-9-28-14)19-22-13-11-16(27-3)15(26-2)10-12(13)17(20)23-19/h3-6,11-12,20H,7-10,13H2,1-2H3,(H2,24,25,26);5-10,14-15,22H,4,11-13H2,1-3H3,(H2,21,23,24);10-11,14H,3-9H2,1-2H3,(H2,20,21,22);3-4,9-11H,5-8H2,1-2H3,(H2,20,21,22);10-11,14H,4-9H2,1-3H3,(H,21,25)(H2,20,22,23)/t;15-;;;/m.1.../s1. The van der Waals surface area contributed by atoms with Gasteiger partial charge in [-0.05, 0) is 131 Å². The molecule has 5 aromatic heterocycles. The average molecular weight is 2020 g/mol. The molecule has 5 fully saturated rings. The SMILES string of the molecule is CCOc1ccccc1OCCN[C@H](C)Cc1ccc(OC)c(S(N)(=O)=O)c1.COc1cc2nc(N(C)CCCNC(=O)C3CCCO3)nc(N)c2cc1OC.COc1cc2nc(N3CCN(C(=O)C4CCCO4)CC3)nc(N)c2cc1OC.COc1cc2nc(N3CCN(C(=O)C4COc5ccccc5O4)CC3)nc(N)c2cc1OC.COc1cc2nc(N3CCN(C(=O)c4ccco4)CC3)nc(N)c2cc1OC. The minimum Gasteiger partial charge on any atom is -0.495 e. The van der Waals surface area contributed by atoms with Gasteiger partial charge in [0.2, 0.25) is 45.8 Å². The molecule has 11 heterocycles. The number of nitrogens with one attached hydrogen (secondary N) is 2. The molecule has 3 unspecified atom stereocenters. The van der Waals surface area contributed by atoms with Gasteiger partial charge in [0.25, 0.3) is 17.7 Å². The second kappa shape index (κ2) is 49.6. The van der Waals surface area contributed by atoms with Crippen molar-refractivity contribution < 1.29 is 103 Å². The van der Waals surface area contributed by atoms with Crippen LogP contribution in [-0.2, 0) is 40.3 Å². The number of fused-ring (bicyclic) bond motifs is 5. The van der Waals surface area contributed by atoms with Gasteiger partial charge < -0.3 is 143 Å². The molecule has 12 aromatic rings. The quantitative estimate of drug-likeness (QED) is 0.0201. The molecule has 4 atom stereocenters. The lowest BCUT2D eigenvalue weighted by molar-refractivity contribution is -0.142. The Balaban J connectivity index is 0.000000144. The molecule has 6 aliphatic rings. The first-order valence-corrected chi connectivity index (χ1v) is 49.0. The van der Waals surface area contributed by atoms with Crippen LogP contribution in [0.4, 0.5) is 47.1 Å². The van der Waals surface area contributed by atoms with Crippen LogP contribution in [0.5, 0.6) is 74.7 Å². The summed E-state index contributed by atoms with van der Waals surface area (Å²) in [6.07, 6.45) is 5.17. The van der Waals surface area contributed by atoms with E-state index in [1.165, 1.54) is 13.4 Å². The van der Waals surface area contributed by atoms with Gasteiger partial charge in [-0.1, -0.05) is 30.3 Å². The van der Waals surface area contributed by atoms with Crippen molar-refractivity contribution in [3.05, 3.63) is 145 Å². The molecule has 4 amide bonds. The number of aromatic nitrogens is 8. The second-order valence-corrected chi connectivity index (χ2v) is 35.7. The third-order valence-electron chi connectivity index (χ3n) is 24.8. The Morgan fingerprint density at radius 1 is 0.469 bits per heavy atom. The first kappa shape index (κ1) is 105. The highest BCUT2D eigenvalue weighted by Gasteiger charge is 2.36. The number of primary sulfonamides is 1. The number of nitrogens with two attached hydrogens (primary N) is 5. The van der Waals surface area contributed by atoms with Gasteiger partial charge in [0.15, 0.2) is 74.8 Å². The van der Waals surface area contributed by atoms with E-state index in [0.717, 1.165) is 43.4 Å². The summed E-state index contributed by atoms with van der Waals surface area (Å²) in [5.74, 6) is 11.4. The zero-order valence-electron chi connectivity index (χ0n) is 83.4. The van der Waals surface area contributed by atoms with Crippen molar-refractivity contribution in [2.75, 3.05) is 245 Å². The fraction of sp³-hybridized carbons (Fsp3) is 0.420. The number of nitrogens with zero attached hydrogens (tertiary/aromatic N) is 15. The van der Waals surface area contributed by atoms with Gasteiger partial charge in [0.1, 0.15) is 59.3 Å².